The van der Waals surface area contributed by atoms with Crippen LogP contribution in [0.25, 0.3) is 0 Å². The van der Waals surface area contributed by atoms with Gasteiger partial charge in [0.25, 0.3) is 5.69 Å². The minimum atomic E-state index is -0.433. The molecule has 0 atom stereocenters. The Hall–Kier alpha value is -3.27. The third kappa shape index (κ3) is 5.61. The van der Waals surface area contributed by atoms with Gasteiger partial charge >= 0.3 is 5.97 Å². The van der Waals surface area contributed by atoms with Crippen molar-refractivity contribution in [1.29, 1.82) is 0 Å². The molecule has 0 spiro atoms. The molecular weight excluding hydrogens is 376 g/mol. The van der Waals surface area contributed by atoms with Crippen molar-refractivity contribution in [3.63, 3.8) is 0 Å². The molecule has 0 aliphatic carbocycles. The molecule has 10 nitrogen and oxygen atoms in total. The third-order valence-corrected chi connectivity index (χ3v) is 4.51. The van der Waals surface area contributed by atoms with E-state index in [0.29, 0.717) is 30.5 Å². The summed E-state index contributed by atoms with van der Waals surface area (Å²) in [6, 6.07) is 8.10. The highest BCUT2D eigenvalue weighted by Gasteiger charge is 2.21. The van der Waals surface area contributed by atoms with E-state index in [1.165, 1.54) is 12.1 Å². The topological polar surface area (TPSA) is 114 Å². The number of ether oxygens (including phenoxy) is 1. The molecule has 0 saturated carbocycles. The van der Waals surface area contributed by atoms with Crippen molar-refractivity contribution in [3.05, 3.63) is 46.3 Å². The zero-order valence-corrected chi connectivity index (χ0v) is 16.5. The highest BCUT2D eigenvalue weighted by Crippen LogP contribution is 2.23. The smallest absolute Gasteiger partial charge is 0.320 e. The molecule has 1 aromatic carbocycles. The number of hydrogen-bond acceptors (Lipinski definition) is 9. The summed E-state index contributed by atoms with van der Waals surface area (Å²) in [6.45, 7) is 7.21. The van der Waals surface area contributed by atoms with Crippen molar-refractivity contribution in [1.82, 2.24) is 14.9 Å². The number of anilines is 3. The molecule has 1 aliphatic rings. The van der Waals surface area contributed by atoms with Crippen LogP contribution in [0.1, 0.15) is 12.7 Å². The van der Waals surface area contributed by atoms with Crippen LogP contribution in [0.2, 0.25) is 0 Å². The molecule has 154 valence electrons. The number of carbonyl (C=O) groups is 1. The van der Waals surface area contributed by atoms with Crippen LogP contribution in [0.4, 0.5) is 23.0 Å². The Morgan fingerprint density at radius 2 is 2.00 bits per heavy atom. The number of aryl methyl sites for hydroxylation is 1. The first-order valence-electron chi connectivity index (χ1n) is 9.44. The van der Waals surface area contributed by atoms with Crippen LogP contribution in [0.5, 0.6) is 0 Å². The summed E-state index contributed by atoms with van der Waals surface area (Å²) < 4.78 is 5.00. The average Bonchev–Trinajstić information content (AvgIpc) is 2.68. The van der Waals surface area contributed by atoms with E-state index in [4.69, 9.17) is 4.74 Å². The van der Waals surface area contributed by atoms with Gasteiger partial charge in [0, 0.05) is 50.1 Å². The maximum absolute atomic E-state index is 11.6. The number of rotatable bonds is 7. The Balaban J connectivity index is 1.66. The minimum Gasteiger partial charge on any atom is -0.465 e. The Bertz CT molecular complexity index is 883. The molecule has 1 aromatic heterocycles. The van der Waals surface area contributed by atoms with E-state index in [1.807, 2.05) is 6.07 Å². The van der Waals surface area contributed by atoms with Crippen LogP contribution in [0.3, 0.4) is 0 Å². The standard InChI is InChI=1S/C19H24N6O4/c1-3-29-19(26)13-23-7-9-24(10-8-23)18-12-17(20-14(2)21-18)22-15-5-4-6-16(11-15)25(27)28/h4-6,11-12H,3,7-10,13H2,1-2H3,(H,20,21,22). The molecule has 0 unspecified atom stereocenters. The molecular formula is C19H24N6O4. The van der Waals surface area contributed by atoms with Gasteiger partial charge in [0.15, 0.2) is 0 Å². The third-order valence-electron chi connectivity index (χ3n) is 4.51. The van der Waals surface area contributed by atoms with Crippen molar-refractivity contribution in [3.8, 4) is 0 Å². The first-order chi connectivity index (χ1) is 13.9. The van der Waals surface area contributed by atoms with Gasteiger partial charge in [-0.15, -0.1) is 0 Å². The highest BCUT2D eigenvalue weighted by molar-refractivity contribution is 5.71. The van der Waals surface area contributed by atoms with Crippen LogP contribution < -0.4 is 10.2 Å². The van der Waals surface area contributed by atoms with E-state index in [2.05, 4.69) is 25.1 Å². The van der Waals surface area contributed by atoms with Crippen LogP contribution >= 0.6 is 0 Å². The van der Waals surface area contributed by atoms with Gasteiger partial charge in [-0.25, -0.2) is 9.97 Å². The number of benzene rings is 1. The monoisotopic (exact) mass is 400 g/mol. The second kappa shape index (κ2) is 9.28. The molecule has 1 aliphatic heterocycles. The summed E-state index contributed by atoms with van der Waals surface area (Å²) >= 11 is 0. The highest BCUT2D eigenvalue weighted by atomic mass is 16.6. The lowest BCUT2D eigenvalue weighted by Crippen LogP contribution is -2.48. The normalized spacial score (nSPS) is 14.5. The summed E-state index contributed by atoms with van der Waals surface area (Å²) in [6.07, 6.45) is 0. The number of nitrogens with zero attached hydrogens (tertiary/aromatic N) is 5. The largest absolute Gasteiger partial charge is 0.465 e. The average molecular weight is 400 g/mol. The lowest BCUT2D eigenvalue weighted by atomic mass is 10.2. The first kappa shape index (κ1) is 20.5. The molecule has 1 saturated heterocycles. The molecule has 2 heterocycles. The van der Waals surface area contributed by atoms with Crippen LogP contribution in [-0.4, -0.2) is 65.1 Å². The molecule has 0 radical (unpaired) electrons. The van der Waals surface area contributed by atoms with Crippen molar-refractivity contribution >= 4 is 29.0 Å². The van der Waals surface area contributed by atoms with E-state index in [0.717, 1.165) is 32.0 Å². The fraction of sp³-hybridized carbons (Fsp3) is 0.421. The van der Waals surface area contributed by atoms with Crippen molar-refractivity contribution < 1.29 is 14.5 Å². The van der Waals surface area contributed by atoms with Crippen molar-refractivity contribution in [2.45, 2.75) is 13.8 Å². The predicted octanol–water partition coefficient (Wildman–Crippen LogP) is 2.12. The van der Waals surface area contributed by atoms with E-state index < -0.39 is 4.92 Å². The molecule has 3 rings (SSSR count). The van der Waals surface area contributed by atoms with E-state index in [1.54, 1.807) is 26.0 Å². The zero-order valence-electron chi connectivity index (χ0n) is 16.5. The lowest BCUT2D eigenvalue weighted by molar-refractivity contribution is -0.384. The second-order valence-electron chi connectivity index (χ2n) is 6.66. The number of nitrogens with one attached hydrogen (secondary N) is 1. The van der Waals surface area contributed by atoms with Crippen LogP contribution in [-0.2, 0) is 9.53 Å². The fourth-order valence-corrected chi connectivity index (χ4v) is 3.15. The maximum atomic E-state index is 11.6. The predicted molar refractivity (Wildman–Crippen MR) is 108 cm³/mol. The summed E-state index contributed by atoms with van der Waals surface area (Å²) in [5.74, 6) is 1.75. The first-order valence-corrected chi connectivity index (χ1v) is 9.44. The van der Waals surface area contributed by atoms with Gasteiger partial charge in [-0.1, -0.05) is 6.07 Å². The van der Waals surface area contributed by atoms with Crippen molar-refractivity contribution in [2.75, 3.05) is 49.5 Å². The quantitative estimate of drug-likeness (QED) is 0.424. The summed E-state index contributed by atoms with van der Waals surface area (Å²) in [7, 11) is 0. The molecule has 1 N–H and O–H groups in total. The Morgan fingerprint density at radius 3 is 2.69 bits per heavy atom. The number of carbonyl (C=O) groups excluding carboxylic acids is 1. The molecule has 10 heteroatoms. The van der Waals surface area contributed by atoms with Gasteiger partial charge in [-0.3, -0.25) is 19.8 Å². The SMILES string of the molecule is CCOC(=O)CN1CCN(c2cc(Nc3cccc([N+](=O)[O-])c3)nc(C)n2)CC1. The van der Waals surface area contributed by atoms with Crippen LogP contribution in [0, 0.1) is 17.0 Å². The van der Waals surface area contributed by atoms with Gasteiger partial charge in [0.2, 0.25) is 0 Å². The van der Waals surface area contributed by atoms with Crippen LogP contribution in [0.15, 0.2) is 30.3 Å². The summed E-state index contributed by atoms with van der Waals surface area (Å²) in [5.41, 5.74) is 0.598. The maximum Gasteiger partial charge on any atom is 0.320 e. The van der Waals surface area contributed by atoms with E-state index in [-0.39, 0.29) is 11.7 Å². The fourth-order valence-electron chi connectivity index (χ4n) is 3.15. The summed E-state index contributed by atoms with van der Waals surface area (Å²) in [5, 5.41) is 14.1. The van der Waals surface area contributed by atoms with Gasteiger partial charge in [-0.2, -0.15) is 0 Å². The molecule has 0 amide bonds. The second-order valence-corrected chi connectivity index (χ2v) is 6.66. The number of nitro benzene ring substituents is 1. The number of nitro groups is 1. The van der Waals surface area contributed by atoms with E-state index >= 15 is 0 Å². The Kier molecular flexibility index (Phi) is 6.55. The van der Waals surface area contributed by atoms with Gasteiger partial charge in [0.1, 0.15) is 17.5 Å². The van der Waals surface area contributed by atoms with Gasteiger partial charge in [-0.05, 0) is 19.9 Å². The molecule has 29 heavy (non-hydrogen) atoms. The number of non-ortho nitro benzene ring substituents is 1. The number of aromatic nitrogens is 2. The minimum absolute atomic E-state index is 0.0127. The van der Waals surface area contributed by atoms with Crippen molar-refractivity contribution in [2.24, 2.45) is 0 Å². The number of hydrogen-bond donors (Lipinski definition) is 1. The number of esters is 1. The van der Waals surface area contributed by atoms with Gasteiger partial charge < -0.3 is 15.0 Å². The summed E-state index contributed by atoms with van der Waals surface area (Å²) in [4.78, 5) is 35.3. The molecule has 1 fully saturated rings. The molecule has 0 bridgehead atoms. The van der Waals surface area contributed by atoms with E-state index in [9.17, 15) is 14.9 Å². The Morgan fingerprint density at radius 1 is 1.24 bits per heavy atom. The zero-order chi connectivity index (χ0) is 20.8. The van der Waals surface area contributed by atoms with Gasteiger partial charge in [0.05, 0.1) is 18.1 Å². The Labute approximate surface area is 168 Å². The lowest BCUT2D eigenvalue weighted by Gasteiger charge is -2.34. The number of piperazine rings is 1. The molecule has 2 aromatic rings.